The molecule has 2 N–H and O–H groups in total. The highest BCUT2D eigenvalue weighted by molar-refractivity contribution is 5.80. The van der Waals surface area contributed by atoms with Crippen LogP contribution in [0.15, 0.2) is 10.6 Å². The van der Waals surface area contributed by atoms with Crippen LogP contribution in [0.2, 0.25) is 0 Å². The Balaban J connectivity index is 1.98. The van der Waals surface area contributed by atoms with Crippen molar-refractivity contribution < 1.29 is 29.1 Å². The Hall–Kier alpha value is -1.93. The number of aliphatic carboxylic acids is 2. The monoisotopic (exact) mass is 298 g/mol. The molecule has 1 saturated heterocycles. The third-order valence-electron chi connectivity index (χ3n) is 3.61. The number of nitrogens with zero attached hydrogens (tertiary/aromatic N) is 2. The number of ether oxygens (including phenoxy) is 1. The van der Waals surface area contributed by atoms with Crippen molar-refractivity contribution in [2.24, 2.45) is 11.8 Å². The second-order valence-corrected chi connectivity index (χ2v) is 5.13. The summed E-state index contributed by atoms with van der Waals surface area (Å²) >= 11 is 0. The summed E-state index contributed by atoms with van der Waals surface area (Å²) in [5.74, 6) is -3.26. The Kier molecular flexibility index (Phi) is 4.92. The molecule has 2 atom stereocenters. The molecule has 0 saturated carbocycles. The molecule has 0 amide bonds. The SMILES string of the molecule is COCc1cc(CN2CCC(C(=O)O)C(C(=O)O)C2)no1. The van der Waals surface area contributed by atoms with Crippen LogP contribution < -0.4 is 0 Å². The van der Waals surface area contributed by atoms with Crippen molar-refractivity contribution in [1.29, 1.82) is 0 Å². The van der Waals surface area contributed by atoms with Crippen molar-refractivity contribution >= 4 is 11.9 Å². The average molecular weight is 298 g/mol. The molecule has 1 aliphatic heterocycles. The second-order valence-electron chi connectivity index (χ2n) is 5.13. The summed E-state index contributed by atoms with van der Waals surface area (Å²) < 4.78 is 10.00. The molecule has 1 aromatic rings. The largest absolute Gasteiger partial charge is 0.481 e. The van der Waals surface area contributed by atoms with Gasteiger partial charge in [-0.2, -0.15) is 0 Å². The van der Waals surface area contributed by atoms with E-state index in [1.54, 1.807) is 13.2 Å². The van der Waals surface area contributed by atoms with E-state index < -0.39 is 23.8 Å². The fraction of sp³-hybridized carbons (Fsp3) is 0.615. The zero-order valence-electron chi connectivity index (χ0n) is 11.7. The molecule has 21 heavy (non-hydrogen) atoms. The highest BCUT2D eigenvalue weighted by Gasteiger charge is 2.38. The van der Waals surface area contributed by atoms with E-state index in [1.165, 1.54) is 0 Å². The lowest BCUT2D eigenvalue weighted by Crippen LogP contribution is -2.46. The number of carbonyl (C=O) groups is 2. The van der Waals surface area contributed by atoms with Crippen LogP contribution in [0.4, 0.5) is 0 Å². The Bertz CT molecular complexity index is 515. The minimum absolute atomic E-state index is 0.193. The van der Waals surface area contributed by atoms with E-state index in [2.05, 4.69) is 5.16 Å². The lowest BCUT2D eigenvalue weighted by molar-refractivity contribution is -0.157. The molecule has 116 valence electrons. The third kappa shape index (κ3) is 3.79. The fourth-order valence-electron chi connectivity index (χ4n) is 2.58. The number of methoxy groups -OCH3 is 1. The summed E-state index contributed by atoms with van der Waals surface area (Å²) in [5.41, 5.74) is 0.681. The smallest absolute Gasteiger partial charge is 0.308 e. The maximum Gasteiger partial charge on any atom is 0.308 e. The highest BCUT2D eigenvalue weighted by Crippen LogP contribution is 2.25. The van der Waals surface area contributed by atoms with Crippen LogP contribution in [0, 0.1) is 11.8 Å². The van der Waals surface area contributed by atoms with Gasteiger partial charge in [0.25, 0.3) is 0 Å². The van der Waals surface area contributed by atoms with E-state index in [0.29, 0.717) is 37.6 Å². The molecule has 2 rings (SSSR count). The van der Waals surface area contributed by atoms with E-state index in [-0.39, 0.29) is 6.54 Å². The van der Waals surface area contributed by atoms with Gasteiger partial charge in [-0.3, -0.25) is 14.5 Å². The van der Waals surface area contributed by atoms with Crippen molar-refractivity contribution in [1.82, 2.24) is 10.1 Å². The molecule has 1 aliphatic rings. The number of hydrogen-bond acceptors (Lipinski definition) is 6. The predicted octanol–water partition coefficient (Wildman–Crippen LogP) is 0.428. The van der Waals surface area contributed by atoms with Gasteiger partial charge in [-0.1, -0.05) is 5.16 Å². The van der Waals surface area contributed by atoms with Crippen LogP contribution in [0.1, 0.15) is 17.9 Å². The van der Waals surface area contributed by atoms with Gasteiger partial charge in [-0.25, -0.2) is 0 Å². The van der Waals surface area contributed by atoms with E-state index in [0.717, 1.165) is 0 Å². The second kappa shape index (κ2) is 6.68. The van der Waals surface area contributed by atoms with Gasteiger partial charge >= 0.3 is 11.9 Å². The summed E-state index contributed by atoms with van der Waals surface area (Å²) in [6.07, 6.45) is 0.315. The summed E-state index contributed by atoms with van der Waals surface area (Å²) in [6.45, 7) is 1.47. The van der Waals surface area contributed by atoms with Crippen molar-refractivity contribution in [2.45, 2.75) is 19.6 Å². The first-order valence-electron chi connectivity index (χ1n) is 6.62. The van der Waals surface area contributed by atoms with Crippen molar-refractivity contribution in [2.75, 3.05) is 20.2 Å². The molecular weight excluding hydrogens is 280 g/mol. The Morgan fingerprint density at radius 1 is 1.43 bits per heavy atom. The Labute approximate surface area is 121 Å². The molecule has 0 aliphatic carbocycles. The van der Waals surface area contributed by atoms with Gasteiger partial charge in [0.2, 0.25) is 0 Å². The number of aromatic nitrogens is 1. The zero-order chi connectivity index (χ0) is 15.4. The lowest BCUT2D eigenvalue weighted by atomic mass is 9.85. The molecule has 8 nitrogen and oxygen atoms in total. The average Bonchev–Trinajstić information content (AvgIpc) is 2.86. The summed E-state index contributed by atoms with van der Waals surface area (Å²) in [6, 6.07) is 1.75. The predicted molar refractivity (Wildman–Crippen MR) is 69.4 cm³/mol. The lowest BCUT2D eigenvalue weighted by Gasteiger charge is -2.33. The van der Waals surface area contributed by atoms with Gasteiger partial charge in [-0.05, 0) is 13.0 Å². The third-order valence-corrected chi connectivity index (χ3v) is 3.61. The molecule has 2 unspecified atom stereocenters. The van der Waals surface area contributed by atoms with E-state index in [4.69, 9.17) is 14.4 Å². The number of likely N-dealkylation sites (tertiary alicyclic amines) is 1. The molecule has 0 spiro atoms. The van der Waals surface area contributed by atoms with Crippen molar-refractivity contribution in [3.05, 3.63) is 17.5 Å². The fourth-order valence-corrected chi connectivity index (χ4v) is 2.58. The van der Waals surface area contributed by atoms with Crippen LogP contribution >= 0.6 is 0 Å². The molecule has 0 radical (unpaired) electrons. The molecule has 1 aromatic heterocycles. The quantitative estimate of drug-likeness (QED) is 0.777. The van der Waals surface area contributed by atoms with Crippen LogP contribution in [0.25, 0.3) is 0 Å². The summed E-state index contributed by atoms with van der Waals surface area (Å²) in [5, 5.41) is 22.1. The van der Waals surface area contributed by atoms with Crippen LogP contribution in [-0.4, -0.2) is 52.4 Å². The van der Waals surface area contributed by atoms with E-state index in [1.807, 2.05) is 4.90 Å². The normalized spacial score (nSPS) is 23.1. The van der Waals surface area contributed by atoms with Gasteiger partial charge in [0.15, 0.2) is 5.76 Å². The number of carboxylic acid groups (broad SMARTS) is 2. The highest BCUT2D eigenvalue weighted by atomic mass is 16.5. The maximum absolute atomic E-state index is 11.2. The van der Waals surface area contributed by atoms with Crippen LogP contribution in [-0.2, 0) is 27.5 Å². The van der Waals surface area contributed by atoms with Crippen LogP contribution in [0.5, 0.6) is 0 Å². The van der Waals surface area contributed by atoms with Gasteiger partial charge in [0.1, 0.15) is 6.61 Å². The topological polar surface area (TPSA) is 113 Å². The molecule has 0 bridgehead atoms. The van der Waals surface area contributed by atoms with Crippen molar-refractivity contribution in [3.63, 3.8) is 0 Å². The van der Waals surface area contributed by atoms with Gasteiger partial charge in [0.05, 0.1) is 17.5 Å². The molecule has 8 heteroatoms. The number of rotatable bonds is 6. The molecule has 2 heterocycles. The minimum atomic E-state index is -1.08. The standard InChI is InChI=1S/C13H18N2O6/c1-20-7-9-4-8(14-21-9)5-15-3-2-10(12(16)17)11(6-15)13(18)19/h4,10-11H,2-3,5-7H2,1H3,(H,16,17)(H,18,19). The molecular formula is C13H18N2O6. The van der Waals surface area contributed by atoms with Crippen LogP contribution in [0.3, 0.4) is 0 Å². The molecule has 1 fully saturated rings. The number of piperidine rings is 1. The first kappa shape index (κ1) is 15.5. The van der Waals surface area contributed by atoms with Crippen molar-refractivity contribution in [3.8, 4) is 0 Å². The Morgan fingerprint density at radius 3 is 2.76 bits per heavy atom. The number of carboxylic acids is 2. The Morgan fingerprint density at radius 2 is 2.14 bits per heavy atom. The maximum atomic E-state index is 11.2. The first-order chi connectivity index (χ1) is 10.0. The van der Waals surface area contributed by atoms with E-state index >= 15 is 0 Å². The van der Waals surface area contributed by atoms with Gasteiger partial charge in [-0.15, -0.1) is 0 Å². The summed E-state index contributed by atoms with van der Waals surface area (Å²) in [4.78, 5) is 24.2. The zero-order valence-corrected chi connectivity index (χ0v) is 11.7. The number of hydrogen-bond donors (Lipinski definition) is 2. The van der Waals surface area contributed by atoms with Gasteiger partial charge in [0, 0.05) is 26.3 Å². The van der Waals surface area contributed by atoms with Gasteiger partial charge < -0.3 is 19.5 Å². The summed E-state index contributed by atoms with van der Waals surface area (Å²) in [7, 11) is 1.55. The van der Waals surface area contributed by atoms with E-state index in [9.17, 15) is 14.7 Å². The molecule has 0 aromatic carbocycles. The minimum Gasteiger partial charge on any atom is -0.481 e. The first-order valence-corrected chi connectivity index (χ1v) is 6.62.